The molecule has 7 heteroatoms. The number of benzene rings is 2. The molecule has 0 aliphatic rings. The van der Waals surface area contributed by atoms with Gasteiger partial charge in [0.15, 0.2) is 5.96 Å². The van der Waals surface area contributed by atoms with Crippen molar-refractivity contribution >= 4 is 41.7 Å². The Morgan fingerprint density at radius 1 is 1.07 bits per heavy atom. The number of rotatable bonds is 7. The van der Waals surface area contributed by atoms with E-state index in [9.17, 15) is 0 Å². The maximum atomic E-state index is 4.35. The van der Waals surface area contributed by atoms with E-state index in [0.29, 0.717) is 0 Å². The monoisotopic (exact) mass is 521 g/mol. The molecule has 0 spiro atoms. The molecule has 0 saturated carbocycles. The molecule has 5 nitrogen and oxygen atoms in total. The van der Waals surface area contributed by atoms with Crippen LogP contribution in [-0.4, -0.2) is 29.0 Å². The maximum Gasteiger partial charge on any atom is 0.191 e. The van der Waals surface area contributed by atoms with Gasteiger partial charge >= 0.3 is 0 Å². The van der Waals surface area contributed by atoms with Crippen LogP contribution in [0.25, 0.3) is 0 Å². The summed E-state index contributed by atoms with van der Waals surface area (Å²) in [6.07, 6.45) is 5.89. The third-order valence-electron chi connectivity index (χ3n) is 4.47. The summed E-state index contributed by atoms with van der Waals surface area (Å²) in [6.45, 7) is 4.36. The lowest BCUT2D eigenvalue weighted by Crippen LogP contribution is -2.36. The van der Waals surface area contributed by atoms with Crippen molar-refractivity contribution in [2.75, 3.05) is 13.3 Å². The van der Waals surface area contributed by atoms with Crippen LogP contribution in [0, 0.1) is 6.92 Å². The number of aliphatic imine (C=N–C) groups is 1. The van der Waals surface area contributed by atoms with Gasteiger partial charge in [0, 0.05) is 37.4 Å². The summed E-state index contributed by atoms with van der Waals surface area (Å²) in [6, 6.07) is 17.0. The average Bonchev–Trinajstić information content (AvgIpc) is 3.22. The Balaban J connectivity index is 0.00000300. The second-order valence-corrected chi connectivity index (χ2v) is 7.47. The van der Waals surface area contributed by atoms with Gasteiger partial charge in [-0.05, 0) is 47.6 Å². The highest BCUT2D eigenvalue weighted by atomic mass is 127. The third-order valence-corrected chi connectivity index (χ3v) is 5.29. The molecule has 0 atom stereocenters. The average molecular weight is 521 g/mol. The zero-order valence-corrected chi connectivity index (χ0v) is 20.2. The normalized spacial score (nSPS) is 11.1. The number of aromatic nitrogens is 2. The molecule has 1 heterocycles. The number of nitrogens with zero attached hydrogens (tertiary/aromatic N) is 3. The van der Waals surface area contributed by atoms with E-state index in [1.54, 1.807) is 25.0 Å². The topological polar surface area (TPSA) is 54.2 Å². The summed E-state index contributed by atoms with van der Waals surface area (Å²) in [4.78, 5) is 5.65. The molecule has 3 aromatic rings. The van der Waals surface area contributed by atoms with Crippen LogP contribution >= 0.6 is 35.7 Å². The highest BCUT2D eigenvalue weighted by Crippen LogP contribution is 2.21. The van der Waals surface area contributed by atoms with Crippen LogP contribution in [0.2, 0.25) is 0 Å². The summed E-state index contributed by atoms with van der Waals surface area (Å²) in [5.41, 5.74) is 5.01. The minimum Gasteiger partial charge on any atom is -0.352 e. The Labute approximate surface area is 194 Å². The van der Waals surface area contributed by atoms with Gasteiger partial charge in [-0.15, -0.1) is 35.7 Å². The smallest absolute Gasteiger partial charge is 0.191 e. The van der Waals surface area contributed by atoms with E-state index < -0.39 is 0 Å². The van der Waals surface area contributed by atoms with Crippen molar-refractivity contribution in [1.82, 2.24) is 20.4 Å². The van der Waals surface area contributed by atoms with E-state index >= 15 is 0 Å². The molecular formula is C22H28IN5S. The summed E-state index contributed by atoms with van der Waals surface area (Å²) >= 11 is 1.77. The molecule has 0 bridgehead atoms. The lowest BCUT2D eigenvalue weighted by Gasteiger charge is -2.14. The fourth-order valence-electron chi connectivity index (χ4n) is 3.00. The second-order valence-electron chi connectivity index (χ2n) is 6.62. The van der Waals surface area contributed by atoms with Gasteiger partial charge in [-0.3, -0.25) is 9.67 Å². The van der Waals surface area contributed by atoms with E-state index in [1.807, 2.05) is 16.9 Å². The predicted molar refractivity (Wildman–Crippen MR) is 133 cm³/mol. The van der Waals surface area contributed by atoms with Gasteiger partial charge in [0.05, 0.1) is 6.54 Å². The number of aryl methyl sites for hydroxylation is 1. The van der Waals surface area contributed by atoms with Gasteiger partial charge in [-0.1, -0.05) is 36.4 Å². The van der Waals surface area contributed by atoms with E-state index in [2.05, 4.69) is 76.4 Å². The molecule has 154 valence electrons. The van der Waals surface area contributed by atoms with Crippen LogP contribution in [0.3, 0.4) is 0 Å². The van der Waals surface area contributed by atoms with Crippen molar-refractivity contribution in [3.8, 4) is 0 Å². The van der Waals surface area contributed by atoms with E-state index in [1.165, 1.54) is 27.1 Å². The molecule has 0 aliphatic heterocycles. The molecule has 0 amide bonds. The number of thioether (sulfide) groups is 1. The zero-order chi connectivity index (χ0) is 19.8. The fourth-order valence-corrected chi connectivity index (χ4v) is 3.71. The second kappa shape index (κ2) is 11.9. The van der Waals surface area contributed by atoms with Crippen molar-refractivity contribution in [2.45, 2.75) is 31.5 Å². The van der Waals surface area contributed by atoms with Crippen LogP contribution in [0.4, 0.5) is 0 Å². The zero-order valence-electron chi connectivity index (χ0n) is 17.1. The van der Waals surface area contributed by atoms with Crippen LogP contribution in [-0.2, 0) is 19.6 Å². The minimum absolute atomic E-state index is 0. The molecule has 0 radical (unpaired) electrons. The summed E-state index contributed by atoms with van der Waals surface area (Å²) < 4.78 is 1.93. The third kappa shape index (κ3) is 7.08. The molecule has 1 aromatic heterocycles. The van der Waals surface area contributed by atoms with E-state index in [4.69, 9.17) is 0 Å². The van der Waals surface area contributed by atoms with Gasteiger partial charge in [0.2, 0.25) is 0 Å². The van der Waals surface area contributed by atoms with Gasteiger partial charge < -0.3 is 10.6 Å². The number of hydrogen-bond donors (Lipinski definition) is 2. The molecule has 2 N–H and O–H groups in total. The summed E-state index contributed by atoms with van der Waals surface area (Å²) in [7, 11) is 1.80. The molecule has 29 heavy (non-hydrogen) atoms. The summed E-state index contributed by atoms with van der Waals surface area (Å²) in [5.74, 6) is 0.796. The quantitative estimate of drug-likeness (QED) is 0.209. The number of nitrogens with one attached hydrogen (secondary N) is 2. The summed E-state index contributed by atoms with van der Waals surface area (Å²) in [5, 5.41) is 11.1. The minimum atomic E-state index is 0. The molecule has 0 fully saturated rings. The number of hydrogen-bond acceptors (Lipinski definition) is 3. The Morgan fingerprint density at radius 3 is 2.59 bits per heavy atom. The van der Waals surface area contributed by atoms with E-state index in [0.717, 1.165) is 25.6 Å². The molecule has 0 saturated heterocycles. The lowest BCUT2D eigenvalue weighted by molar-refractivity contribution is 0.685. The standard InChI is InChI=1S/C22H27N5S.HI/c1-17-8-9-20(21(12-17)28-3)15-25-22(23-2)24-14-18-6-4-7-19(13-18)16-27-11-5-10-26-27;/h4-13H,14-16H2,1-3H3,(H2,23,24,25);1H. The largest absolute Gasteiger partial charge is 0.352 e. The highest BCUT2D eigenvalue weighted by Gasteiger charge is 2.04. The van der Waals surface area contributed by atoms with Crippen molar-refractivity contribution in [2.24, 2.45) is 4.99 Å². The van der Waals surface area contributed by atoms with Crippen LogP contribution in [0.1, 0.15) is 22.3 Å². The first-order valence-corrected chi connectivity index (χ1v) is 10.5. The van der Waals surface area contributed by atoms with E-state index in [-0.39, 0.29) is 24.0 Å². The number of guanidine groups is 1. The van der Waals surface area contributed by atoms with Gasteiger partial charge in [0.1, 0.15) is 0 Å². The molecule has 2 aromatic carbocycles. The lowest BCUT2D eigenvalue weighted by atomic mass is 10.1. The van der Waals surface area contributed by atoms with Gasteiger partial charge in [-0.25, -0.2) is 0 Å². The maximum absolute atomic E-state index is 4.35. The predicted octanol–water partition coefficient (Wildman–Crippen LogP) is 4.44. The highest BCUT2D eigenvalue weighted by molar-refractivity contribution is 14.0. The first kappa shape index (κ1) is 23.3. The Kier molecular flexibility index (Phi) is 9.53. The van der Waals surface area contributed by atoms with Crippen molar-refractivity contribution in [1.29, 1.82) is 0 Å². The Bertz CT molecular complexity index is 925. The van der Waals surface area contributed by atoms with Crippen LogP contribution in [0.5, 0.6) is 0 Å². The van der Waals surface area contributed by atoms with Crippen LogP contribution in [0.15, 0.2) is 70.8 Å². The molecule has 0 aliphatic carbocycles. The molecule has 0 unspecified atom stereocenters. The van der Waals surface area contributed by atoms with Crippen molar-refractivity contribution in [3.05, 3.63) is 83.2 Å². The Morgan fingerprint density at radius 2 is 1.86 bits per heavy atom. The molecular weight excluding hydrogens is 493 g/mol. The first-order chi connectivity index (χ1) is 13.7. The number of halogens is 1. The molecule has 3 rings (SSSR count). The first-order valence-electron chi connectivity index (χ1n) is 9.31. The van der Waals surface area contributed by atoms with Gasteiger partial charge in [0.25, 0.3) is 0 Å². The Hall–Kier alpha value is -2.00. The van der Waals surface area contributed by atoms with Crippen molar-refractivity contribution < 1.29 is 0 Å². The van der Waals surface area contributed by atoms with Crippen molar-refractivity contribution in [3.63, 3.8) is 0 Å². The van der Waals surface area contributed by atoms with Crippen LogP contribution < -0.4 is 10.6 Å². The van der Waals surface area contributed by atoms with Gasteiger partial charge in [-0.2, -0.15) is 5.10 Å². The fraction of sp³-hybridized carbons (Fsp3) is 0.273. The SMILES string of the molecule is CN=C(NCc1cccc(Cn2cccn2)c1)NCc1ccc(C)cc1SC.I.